The topological polar surface area (TPSA) is 9.23 Å². The Bertz CT molecular complexity index is 815. The first-order valence-electron chi connectivity index (χ1n) is 15.2. The average molecular weight is 499 g/mol. The van der Waals surface area contributed by atoms with Crippen LogP contribution in [-0.4, -0.2) is 14.4 Å². The Hall–Kier alpha value is -0.343. The molecule has 3 fully saturated rings. The van der Waals surface area contributed by atoms with E-state index in [-0.39, 0.29) is 0 Å². The lowest BCUT2D eigenvalue weighted by Gasteiger charge is -2.59. The second-order valence-corrected chi connectivity index (χ2v) is 20.4. The van der Waals surface area contributed by atoms with Gasteiger partial charge in [-0.05, 0) is 122 Å². The molecule has 0 aliphatic heterocycles. The second kappa shape index (κ2) is 9.76. The predicted octanol–water partition coefficient (Wildman–Crippen LogP) is 10.2. The fourth-order valence-corrected chi connectivity index (χ4v) is 10.3. The lowest BCUT2D eigenvalue weighted by atomic mass is 9.47. The van der Waals surface area contributed by atoms with Gasteiger partial charge in [0.25, 0.3) is 0 Å². The first-order valence-corrected chi connectivity index (χ1v) is 18.1. The number of hydrogen-bond acceptors (Lipinski definition) is 1. The summed E-state index contributed by atoms with van der Waals surface area (Å²) in [6, 6.07) is 0. The van der Waals surface area contributed by atoms with Gasteiger partial charge in [-0.25, -0.2) is 0 Å². The van der Waals surface area contributed by atoms with E-state index in [1.54, 1.807) is 5.57 Å². The van der Waals surface area contributed by atoms with Crippen molar-refractivity contribution >= 4 is 8.32 Å². The van der Waals surface area contributed by atoms with Gasteiger partial charge in [0.05, 0.1) is 0 Å². The number of hydrogen-bond donors (Lipinski definition) is 0. The van der Waals surface area contributed by atoms with Crippen molar-refractivity contribution in [1.82, 2.24) is 0 Å². The molecule has 8 atom stereocenters. The van der Waals surface area contributed by atoms with Crippen molar-refractivity contribution in [3.05, 3.63) is 23.8 Å². The fraction of sp³-hybridized carbons (Fsp3) is 0.879. The van der Waals surface area contributed by atoms with Crippen molar-refractivity contribution in [2.45, 2.75) is 137 Å². The number of rotatable bonds is 6. The first kappa shape index (κ1) is 27.7. The molecule has 0 N–H and O–H groups in total. The molecular formula is C33H58OSi. The molecule has 0 saturated heterocycles. The average Bonchev–Trinajstić information content (AvgIpc) is 3.10. The molecule has 35 heavy (non-hydrogen) atoms. The highest BCUT2D eigenvalue weighted by Gasteiger charge is 2.59. The van der Waals surface area contributed by atoms with E-state index in [0.717, 1.165) is 35.5 Å². The minimum absolute atomic E-state index is 0.299. The van der Waals surface area contributed by atoms with Crippen molar-refractivity contribution in [1.29, 1.82) is 0 Å². The van der Waals surface area contributed by atoms with E-state index in [2.05, 4.69) is 86.7 Å². The summed E-state index contributed by atoms with van der Waals surface area (Å²) in [4.78, 5) is 0. The second-order valence-electron chi connectivity index (χ2n) is 15.6. The van der Waals surface area contributed by atoms with Crippen LogP contribution in [0.3, 0.4) is 0 Å². The van der Waals surface area contributed by atoms with Crippen LogP contribution in [0, 0.1) is 46.3 Å². The van der Waals surface area contributed by atoms with Crippen molar-refractivity contribution < 1.29 is 4.43 Å². The Morgan fingerprint density at radius 1 is 1.03 bits per heavy atom. The minimum Gasteiger partial charge on any atom is -0.414 e. The molecule has 0 amide bonds. The van der Waals surface area contributed by atoms with E-state index in [1.165, 1.54) is 57.8 Å². The van der Waals surface area contributed by atoms with E-state index in [1.807, 2.05) is 0 Å². The molecule has 2 heteroatoms. The van der Waals surface area contributed by atoms with Crippen molar-refractivity contribution in [3.8, 4) is 0 Å². The van der Waals surface area contributed by atoms with Gasteiger partial charge >= 0.3 is 0 Å². The molecule has 4 rings (SSSR count). The third kappa shape index (κ3) is 5.06. The summed E-state index contributed by atoms with van der Waals surface area (Å²) in [7, 11) is -1.70. The van der Waals surface area contributed by atoms with Gasteiger partial charge in [0.2, 0.25) is 0 Å². The van der Waals surface area contributed by atoms with E-state index in [0.29, 0.717) is 22.0 Å². The lowest BCUT2D eigenvalue weighted by molar-refractivity contribution is -0.0532. The van der Waals surface area contributed by atoms with Gasteiger partial charge in [0, 0.05) is 6.10 Å². The maximum Gasteiger partial charge on any atom is 0.192 e. The molecule has 0 aromatic heterocycles. The SMILES string of the molecule is CC(C)C/C=C/[C@@H](C)[C@H]1CC[C@H]2[C@@H]3CC=C4C[C@H](O[Si](C)(C)C(C)(C)C)CC[C@]4(C)[C@H]3CC[C@]12C. The quantitative estimate of drug-likeness (QED) is 0.261. The van der Waals surface area contributed by atoms with Crippen molar-refractivity contribution in [3.63, 3.8) is 0 Å². The molecule has 4 aliphatic rings. The van der Waals surface area contributed by atoms with Crippen LogP contribution in [-0.2, 0) is 4.43 Å². The van der Waals surface area contributed by atoms with Gasteiger partial charge in [-0.3, -0.25) is 0 Å². The monoisotopic (exact) mass is 498 g/mol. The maximum atomic E-state index is 6.94. The highest BCUT2D eigenvalue weighted by Crippen LogP contribution is 2.67. The molecule has 0 unspecified atom stereocenters. The fourth-order valence-electron chi connectivity index (χ4n) is 8.93. The molecule has 1 nitrogen and oxygen atoms in total. The van der Waals surface area contributed by atoms with Crippen molar-refractivity contribution in [2.24, 2.45) is 46.3 Å². The number of allylic oxidation sites excluding steroid dienone is 3. The zero-order valence-corrected chi connectivity index (χ0v) is 26.0. The Balaban J connectivity index is 1.48. The molecule has 0 heterocycles. The summed E-state index contributed by atoms with van der Waals surface area (Å²) in [6.45, 7) is 24.6. The summed E-state index contributed by atoms with van der Waals surface area (Å²) >= 11 is 0. The summed E-state index contributed by atoms with van der Waals surface area (Å²) in [6.07, 6.45) is 20.5. The Kier molecular flexibility index (Phi) is 7.72. The lowest BCUT2D eigenvalue weighted by Crippen LogP contribution is -2.52. The highest BCUT2D eigenvalue weighted by molar-refractivity contribution is 6.74. The standard InChI is InChI=1S/C33H58OSi/c1-23(2)12-11-13-24(3)28-16-17-29-27-15-14-25-22-26(34-35(9,10)31(4,5)6)18-20-32(25,7)30(27)19-21-33(28,29)8/h11,13-14,23-24,26-30H,12,15-22H2,1-10H3/b13-11+/t24-,26-,27+,28-,29+,30+,32+,33-/m1/s1. The zero-order valence-electron chi connectivity index (χ0n) is 25.0. The molecule has 200 valence electrons. The first-order chi connectivity index (χ1) is 16.2. The summed E-state index contributed by atoms with van der Waals surface area (Å²) in [5.41, 5.74) is 2.75. The van der Waals surface area contributed by atoms with Gasteiger partial charge in [0.15, 0.2) is 8.32 Å². The predicted molar refractivity (Wildman–Crippen MR) is 155 cm³/mol. The van der Waals surface area contributed by atoms with Crippen LogP contribution in [0.5, 0.6) is 0 Å². The van der Waals surface area contributed by atoms with Crippen LogP contribution in [0.15, 0.2) is 23.8 Å². The smallest absolute Gasteiger partial charge is 0.192 e. The Morgan fingerprint density at radius 2 is 1.74 bits per heavy atom. The largest absolute Gasteiger partial charge is 0.414 e. The van der Waals surface area contributed by atoms with E-state index >= 15 is 0 Å². The van der Waals surface area contributed by atoms with E-state index < -0.39 is 8.32 Å². The summed E-state index contributed by atoms with van der Waals surface area (Å²) < 4.78 is 6.94. The minimum atomic E-state index is -1.70. The Labute approximate surface area is 220 Å². The van der Waals surface area contributed by atoms with Crippen LogP contribution in [0.25, 0.3) is 0 Å². The number of fused-ring (bicyclic) bond motifs is 5. The summed E-state index contributed by atoms with van der Waals surface area (Å²) in [5, 5.41) is 0.299. The molecule has 0 aromatic rings. The molecular weight excluding hydrogens is 440 g/mol. The summed E-state index contributed by atoms with van der Waals surface area (Å²) in [5.74, 6) is 5.13. The van der Waals surface area contributed by atoms with Gasteiger partial charge < -0.3 is 4.43 Å². The van der Waals surface area contributed by atoms with Crippen LogP contribution in [0.4, 0.5) is 0 Å². The van der Waals surface area contributed by atoms with Crippen LogP contribution < -0.4 is 0 Å². The van der Waals surface area contributed by atoms with Crippen LogP contribution in [0.2, 0.25) is 18.1 Å². The molecule has 0 aromatic carbocycles. The maximum absolute atomic E-state index is 6.94. The molecule has 3 saturated carbocycles. The molecule has 0 bridgehead atoms. The van der Waals surface area contributed by atoms with Gasteiger partial charge in [0.1, 0.15) is 0 Å². The van der Waals surface area contributed by atoms with Gasteiger partial charge in [-0.2, -0.15) is 0 Å². The van der Waals surface area contributed by atoms with E-state index in [4.69, 9.17) is 4.43 Å². The van der Waals surface area contributed by atoms with Crippen LogP contribution in [0.1, 0.15) is 113 Å². The Morgan fingerprint density at radius 3 is 2.40 bits per heavy atom. The molecule has 0 spiro atoms. The van der Waals surface area contributed by atoms with Gasteiger partial charge in [-0.1, -0.05) is 79.2 Å². The molecule has 0 radical (unpaired) electrons. The van der Waals surface area contributed by atoms with Gasteiger partial charge in [-0.15, -0.1) is 0 Å². The van der Waals surface area contributed by atoms with Crippen molar-refractivity contribution in [2.75, 3.05) is 0 Å². The molecule has 4 aliphatic carbocycles. The zero-order chi connectivity index (χ0) is 25.8. The third-order valence-electron chi connectivity index (χ3n) is 12.1. The highest BCUT2D eigenvalue weighted by atomic mass is 28.4. The normalized spacial score (nSPS) is 40.9. The van der Waals surface area contributed by atoms with E-state index in [9.17, 15) is 0 Å². The van der Waals surface area contributed by atoms with Crippen LogP contribution >= 0.6 is 0 Å². The third-order valence-corrected chi connectivity index (χ3v) is 16.6.